The van der Waals surface area contributed by atoms with Crippen LogP contribution in [-0.4, -0.2) is 44.9 Å². The van der Waals surface area contributed by atoms with Crippen LogP contribution in [0.15, 0.2) is 45.2 Å². The van der Waals surface area contributed by atoms with E-state index in [1.54, 1.807) is 18.3 Å². The van der Waals surface area contributed by atoms with Gasteiger partial charge in [0, 0.05) is 12.4 Å². The summed E-state index contributed by atoms with van der Waals surface area (Å²) in [6.45, 7) is 0.417. The van der Waals surface area contributed by atoms with Crippen LogP contribution in [0.1, 0.15) is 10.4 Å². The summed E-state index contributed by atoms with van der Waals surface area (Å²) in [5.74, 6) is -0.442. The Morgan fingerprint density at radius 3 is 2.27 bits per heavy atom. The molecule has 1 aliphatic rings. The minimum absolute atomic E-state index is 0. The van der Waals surface area contributed by atoms with E-state index in [1.165, 1.54) is 6.20 Å². The van der Waals surface area contributed by atoms with Gasteiger partial charge >= 0.3 is 27.3 Å². The second-order valence-corrected chi connectivity index (χ2v) is 2.21. The maximum absolute atomic E-state index is 10.4. The van der Waals surface area contributed by atoms with Crippen molar-refractivity contribution in [3.05, 3.63) is 30.1 Å². The molecule has 0 fully saturated rings. The van der Waals surface area contributed by atoms with Gasteiger partial charge in [0.15, 0.2) is 6.67 Å². The molecule has 2 rings (SSSR count). The first-order valence-corrected chi connectivity index (χ1v) is 3.74. The average Bonchev–Trinajstić information content (AvgIpc) is 2.77. The van der Waals surface area contributed by atoms with Crippen molar-refractivity contribution in [1.29, 1.82) is 0 Å². The molecule has 1 amide bonds. The summed E-state index contributed by atoms with van der Waals surface area (Å²) >= 11 is 0. The molecule has 0 unspecified atom stereocenters. The monoisotopic (exact) mass is 402 g/mol. The van der Waals surface area contributed by atoms with Gasteiger partial charge in [-0.1, -0.05) is 0 Å². The first-order valence-electron chi connectivity index (χ1n) is 3.74. The van der Waals surface area contributed by atoms with Crippen LogP contribution in [0.25, 0.3) is 0 Å². The molecule has 0 aromatic carbocycles. The van der Waals surface area contributed by atoms with Crippen molar-refractivity contribution in [2.24, 2.45) is 26.4 Å². The molecule has 1 aromatic rings. The molecule has 78 valence electrons. The van der Waals surface area contributed by atoms with Gasteiger partial charge < -0.3 is 5.73 Å². The van der Waals surface area contributed by atoms with Gasteiger partial charge in [-0.15, -0.1) is 10.2 Å². The third-order valence-corrected chi connectivity index (χ3v) is 1.24. The predicted molar refractivity (Wildman–Crippen MR) is 55.9 cm³/mol. The Hall–Kier alpha value is -1.26. The van der Waals surface area contributed by atoms with E-state index >= 15 is 0 Å². The molecule has 2 heterocycles. The predicted octanol–water partition coefficient (Wildman–Crippen LogP) is 0.0412. The van der Waals surface area contributed by atoms with Gasteiger partial charge in [-0.2, -0.15) is 0 Å². The van der Waals surface area contributed by atoms with Gasteiger partial charge in [-0.25, -0.2) is 0 Å². The van der Waals surface area contributed by atoms with E-state index in [2.05, 4.69) is 25.7 Å². The van der Waals surface area contributed by atoms with E-state index in [0.717, 1.165) is 0 Å². The van der Waals surface area contributed by atoms with Gasteiger partial charge in [0.25, 0.3) is 0 Å². The van der Waals surface area contributed by atoms with Crippen LogP contribution in [-0.2, 0) is 0 Å². The Balaban J connectivity index is 0.000000280. The van der Waals surface area contributed by atoms with E-state index in [9.17, 15) is 4.79 Å². The van der Waals surface area contributed by atoms with E-state index in [4.69, 9.17) is 5.73 Å². The Bertz CT molecular complexity index is 342. The molecule has 15 heavy (non-hydrogen) atoms. The summed E-state index contributed by atoms with van der Waals surface area (Å²) in [6.07, 6.45) is 3.02. The fourth-order valence-corrected chi connectivity index (χ4v) is 0.650. The third kappa shape index (κ3) is 5.93. The molecular weight excluding hydrogens is 391 g/mol. The number of nitrogens with zero attached hydrogens (tertiary/aromatic N) is 5. The zero-order chi connectivity index (χ0) is 10.2. The molecule has 0 saturated carbocycles. The zero-order valence-electron chi connectivity index (χ0n) is 7.95. The molecule has 0 saturated heterocycles. The van der Waals surface area contributed by atoms with E-state index in [-0.39, 0.29) is 27.3 Å². The molecule has 1 aromatic heterocycles. The number of carbonyl (C=O) groups is 1. The normalized spacial score (nSPS) is 11.2. The number of carbonyl (C=O) groups excluding carboxylic acids is 1. The average molecular weight is 401 g/mol. The molecular formula is C7H10N6OPb. The minimum atomic E-state index is -0.442. The van der Waals surface area contributed by atoms with Gasteiger partial charge in [0.05, 0.1) is 5.56 Å². The Kier molecular flexibility index (Phi) is 7.41. The van der Waals surface area contributed by atoms with Crippen LogP contribution in [0.2, 0.25) is 0 Å². The maximum atomic E-state index is 10.4. The van der Waals surface area contributed by atoms with Crippen molar-refractivity contribution >= 4 is 33.2 Å². The van der Waals surface area contributed by atoms with Crippen LogP contribution in [0, 0.1) is 0 Å². The second-order valence-electron chi connectivity index (χ2n) is 2.21. The number of pyridine rings is 1. The van der Waals surface area contributed by atoms with Crippen LogP contribution in [0.5, 0.6) is 0 Å². The summed E-state index contributed by atoms with van der Waals surface area (Å²) in [5.41, 5.74) is 5.38. The van der Waals surface area contributed by atoms with Crippen LogP contribution < -0.4 is 5.73 Å². The molecule has 2 radical (unpaired) electrons. The van der Waals surface area contributed by atoms with E-state index in [1.807, 2.05) is 0 Å². The summed E-state index contributed by atoms with van der Waals surface area (Å²) in [4.78, 5) is 14.1. The van der Waals surface area contributed by atoms with Crippen LogP contribution >= 0.6 is 0 Å². The van der Waals surface area contributed by atoms with Gasteiger partial charge in [-0.3, -0.25) is 9.78 Å². The standard InChI is InChI=1S/C6H6N2O.CH2N4.Pb.2H/c7-6(9)5-2-1-3-8-4-5;1-2-4-5-3-1;;;/h1-4H,(H2,7,9);1H2;;;. The molecule has 2 N–H and O–H groups in total. The number of amides is 1. The fraction of sp³-hybridized carbons (Fsp3) is 0.143. The quantitative estimate of drug-likeness (QED) is 0.671. The molecule has 0 bridgehead atoms. The SMILES string of the molecule is C1N=NN=N1.NC(=O)c1cccnc1.[PbH2]. The number of hydrogen-bond acceptors (Lipinski definition) is 6. The summed E-state index contributed by atoms with van der Waals surface area (Å²) < 4.78 is 0. The first-order chi connectivity index (χ1) is 6.80. The number of nitrogens with two attached hydrogens (primary N) is 1. The van der Waals surface area contributed by atoms with Crippen molar-refractivity contribution in [2.75, 3.05) is 6.67 Å². The van der Waals surface area contributed by atoms with Gasteiger partial charge in [0.2, 0.25) is 5.91 Å². The molecule has 1 aliphatic heterocycles. The van der Waals surface area contributed by atoms with Gasteiger partial charge in [-0.05, 0) is 22.6 Å². The first kappa shape index (κ1) is 13.7. The van der Waals surface area contributed by atoms with Gasteiger partial charge in [0.1, 0.15) is 0 Å². The second kappa shape index (κ2) is 8.08. The fourth-order valence-electron chi connectivity index (χ4n) is 0.650. The van der Waals surface area contributed by atoms with Crippen molar-refractivity contribution in [1.82, 2.24) is 4.98 Å². The van der Waals surface area contributed by atoms with Crippen molar-refractivity contribution in [3.63, 3.8) is 0 Å². The molecule has 0 spiro atoms. The Labute approximate surface area is 106 Å². The number of primary amides is 1. The molecule has 0 aliphatic carbocycles. The summed E-state index contributed by atoms with van der Waals surface area (Å²) in [7, 11) is 0. The van der Waals surface area contributed by atoms with E-state index in [0.29, 0.717) is 12.2 Å². The molecule has 8 heteroatoms. The van der Waals surface area contributed by atoms with Crippen LogP contribution in [0.3, 0.4) is 0 Å². The van der Waals surface area contributed by atoms with Crippen molar-refractivity contribution in [2.45, 2.75) is 0 Å². The zero-order valence-corrected chi connectivity index (χ0v) is 13.4. The molecule has 0 atom stereocenters. The third-order valence-electron chi connectivity index (χ3n) is 1.24. The van der Waals surface area contributed by atoms with Crippen molar-refractivity contribution in [3.8, 4) is 0 Å². The number of aromatic nitrogens is 1. The van der Waals surface area contributed by atoms with Crippen LogP contribution in [0.4, 0.5) is 0 Å². The molecule has 7 nitrogen and oxygen atoms in total. The topological polar surface area (TPSA) is 105 Å². The Morgan fingerprint density at radius 2 is 2.00 bits per heavy atom. The summed E-state index contributed by atoms with van der Waals surface area (Å²) in [5, 5.41) is 13.1. The van der Waals surface area contributed by atoms with Crippen molar-refractivity contribution < 1.29 is 4.79 Å². The van der Waals surface area contributed by atoms with E-state index < -0.39 is 5.91 Å². The number of hydrogen-bond donors (Lipinski definition) is 1. The summed E-state index contributed by atoms with van der Waals surface area (Å²) in [6, 6.07) is 3.29. The Morgan fingerprint density at radius 1 is 1.33 bits per heavy atom. The number of rotatable bonds is 1.